The molecule has 1 saturated carbocycles. The zero-order valence-corrected chi connectivity index (χ0v) is 11.3. The molecule has 1 aromatic heterocycles. The fourth-order valence-electron chi connectivity index (χ4n) is 2.40. The van der Waals surface area contributed by atoms with Gasteiger partial charge >= 0.3 is 5.97 Å². The molecule has 1 aliphatic carbocycles. The van der Waals surface area contributed by atoms with Crippen molar-refractivity contribution in [3.63, 3.8) is 0 Å². The van der Waals surface area contributed by atoms with Gasteiger partial charge in [0, 0.05) is 7.05 Å². The molecule has 2 atom stereocenters. The van der Waals surface area contributed by atoms with Crippen molar-refractivity contribution in [2.75, 3.05) is 7.05 Å². The molecular weight excluding hydrogens is 272 g/mol. The van der Waals surface area contributed by atoms with E-state index in [4.69, 9.17) is 5.11 Å². The van der Waals surface area contributed by atoms with Gasteiger partial charge in [0.2, 0.25) is 10.0 Å². The van der Waals surface area contributed by atoms with E-state index in [0.717, 1.165) is 4.31 Å². The molecule has 0 aliphatic heterocycles. The predicted molar refractivity (Wildman–Crippen MR) is 65.5 cm³/mol. The molecule has 2 N–H and O–H groups in total. The fourth-order valence-corrected chi connectivity index (χ4v) is 4.30. The number of rotatable bonds is 5. The molecule has 1 heterocycles. The summed E-state index contributed by atoms with van der Waals surface area (Å²) in [6, 6.07) is 0. The van der Waals surface area contributed by atoms with Crippen molar-refractivity contribution in [2.24, 2.45) is 5.92 Å². The van der Waals surface area contributed by atoms with Crippen LogP contribution in [0.15, 0.2) is 6.33 Å². The van der Waals surface area contributed by atoms with Crippen LogP contribution in [0.2, 0.25) is 0 Å². The molecule has 1 aliphatic rings. The normalized spacial score (nSPS) is 23.9. The van der Waals surface area contributed by atoms with Gasteiger partial charge in [-0.1, -0.05) is 6.42 Å². The highest BCUT2D eigenvalue weighted by atomic mass is 32.2. The van der Waals surface area contributed by atoms with Crippen LogP contribution in [-0.4, -0.2) is 51.3 Å². The van der Waals surface area contributed by atoms with Crippen LogP contribution in [0.4, 0.5) is 0 Å². The van der Waals surface area contributed by atoms with E-state index in [0.29, 0.717) is 25.1 Å². The number of nitrogens with zero attached hydrogens (tertiary/aromatic N) is 3. The molecule has 19 heavy (non-hydrogen) atoms. The van der Waals surface area contributed by atoms with E-state index in [2.05, 4.69) is 15.2 Å². The van der Waals surface area contributed by atoms with Crippen molar-refractivity contribution in [3.8, 4) is 0 Å². The molecule has 1 aromatic rings. The van der Waals surface area contributed by atoms with Gasteiger partial charge in [0.05, 0.1) is 17.7 Å². The molecule has 0 bridgehead atoms. The third-order valence-corrected chi connectivity index (χ3v) is 5.75. The van der Waals surface area contributed by atoms with E-state index >= 15 is 0 Å². The second-order valence-corrected chi connectivity index (χ2v) is 6.91. The maximum atomic E-state index is 12.4. The molecule has 8 nitrogen and oxygen atoms in total. The Kier molecular flexibility index (Phi) is 3.85. The lowest BCUT2D eigenvalue weighted by Crippen LogP contribution is -2.40. The summed E-state index contributed by atoms with van der Waals surface area (Å²) in [5.74, 6) is -1.43. The summed E-state index contributed by atoms with van der Waals surface area (Å²) in [5, 5.41) is 14.5. The number of carboxylic acid groups (broad SMARTS) is 1. The van der Waals surface area contributed by atoms with Crippen LogP contribution in [0.1, 0.15) is 25.1 Å². The van der Waals surface area contributed by atoms with Gasteiger partial charge in [-0.3, -0.25) is 9.89 Å². The first-order valence-corrected chi connectivity index (χ1v) is 7.45. The summed E-state index contributed by atoms with van der Waals surface area (Å²) >= 11 is 0. The van der Waals surface area contributed by atoms with Crippen molar-refractivity contribution in [1.29, 1.82) is 0 Å². The lowest BCUT2D eigenvalue weighted by atomic mass is 10.1. The number of carbonyl (C=O) groups is 1. The highest BCUT2D eigenvalue weighted by molar-refractivity contribution is 7.89. The molecule has 9 heteroatoms. The Hall–Kier alpha value is -1.48. The molecule has 1 fully saturated rings. The number of aliphatic carboxylic acids is 1. The molecular formula is C10H16N4O4S. The largest absolute Gasteiger partial charge is 0.481 e. The second-order valence-electron chi connectivity index (χ2n) is 4.65. The molecule has 2 rings (SSSR count). The van der Waals surface area contributed by atoms with E-state index in [1.165, 1.54) is 13.4 Å². The summed E-state index contributed by atoms with van der Waals surface area (Å²) in [7, 11) is -2.22. The van der Waals surface area contributed by atoms with Crippen LogP contribution in [0, 0.1) is 5.92 Å². The van der Waals surface area contributed by atoms with Crippen molar-refractivity contribution < 1.29 is 18.3 Å². The average Bonchev–Trinajstić information content (AvgIpc) is 2.98. The topological polar surface area (TPSA) is 116 Å². The van der Waals surface area contributed by atoms with Crippen molar-refractivity contribution >= 4 is 16.0 Å². The van der Waals surface area contributed by atoms with Gasteiger partial charge in [0.1, 0.15) is 12.2 Å². The summed E-state index contributed by atoms with van der Waals surface area (Å²) in [6.45, 7) is 0.0607. The van der Waals surface area contributed by atoms with Crippen molar-refractivity contribution in [2.45, 2.75) is 31.1 Å². The molecule has 0 spiro atoms. The van der Waals surface area contributed by atoms with Gasteiger partial charge in [-0.2, -0.15) is 9.40 Å². The molecule has 0 radical (unpaired) electrons. The van der Waals surface area contributed by atoms with Crippen LogP contribution in [-0.2, 0) is 21.4 Å². The van der Waals surface area contributed by atoms with Gasteiger partial charge in [-0.15, -0.1) is 0 Å². The highest BCUT2D eigenvalue weighted by Crippen LogP contribution is 2.33. The van der Waals surface area contributed by atoms with Crippen LogP contribution in [0.25, 0.3) is 0 Å². The minimum Gasteiger partial charge on any atom is -0.481 e. The Morgan fingerprint density at radius 2 is 2.32 bits per heavy atom. The summed E-state index contributed by atoms with van der Waals surface area (Å²) in [4.78, 5) is 14.9. The number of nitrogens with one attached hydrogen (secondary N) is 1. The fraction of sp³-hybridized carbons (Fsp3) is 0.700. The van der Waals surface area contributed by atoms with Crippen LogP contribution in [0.3, 0.4) is 0 Å². The first-order chi connectivity index (χ1) is 8.93. The third-order valence-electron chi connectivity index (χ3n) is 3.42. The number of aromatic nitrogens is 3. The predicted octanol–water partition coefficient (Wildman–Crippen LogP) is -0.180. The number of hydrogen-bond donors (Lipinski definition) is 2. The number of carboxylic acids is 1. The monoisotopic (exact) mass is 288 g/mol. The van der Waals surface area contributed by atoms with Crippen LogP contribution < -0.4 is 0 Å². The number of hydrogen-bond acceptors (Lipinski definition) is 5. The highest BCUT2D eigenvalue weighted by Gasteiger charge is 2.43. The lowest BCUT2D eigenvalue weighted by Gasteiger charge is -2.23. The zero-order valence-electron chi connectivity index (χ0n) is 10.5. The smallest absolute Gasteiger partial charge is 0.307 e. The Balaban J connectivity index is 2.15. The van der Waals surface area contributed by atoms with Crippen molar-refractivity contribution in [3.05, 3.63) is 12.2 Å². The maximum Gasteiger partial charge on any atom is 0.307 e. The standard InChI is InChI=1S/C10H16N4O4S/c1-14(5-9-11-6-12-13-9)19(17,18)8-4-2-3-7(8)10(15)16/h6-8H,2-5H2,1H3,(H,15,16)(H,11,12,13). The summed E-state index contributed by atoms with van der Waals surface area (Å²) in [5.41, 5.74) is 0. The summed E-state index contributed by atoms with van der Waals surface area (Å²) in [6.07, 6.45) is 2.72. The van der Waals surface area contributed by atoms with Gasteiger partial charge in [-0.25, -0.2) is 13.4 Å². The minimum absolute atomic E-state index is 0.0607. The quantitative estimate of drug-likeness (QED) is 0.776. The van der Waals surface area contributed by atoms with Gasteiger partial charge < -0.3 is 5.11 Å². The molecule has 0 amide bonds. The average molecular weight is 288 g/mol. The zero-order chi connectivity index (χ0) is 14.0. The van der Waals surface area contributed by atoms with Gasteiger partial charge in [0.25, 0.3) is 0 Å². The number of H-pyrrole nitrogens is 1. The van der Waals surface area contributed by atoms with E-state index in [-0.39, 0.29) is 6.54 Å². The van der Waals surface area contributed by atoms with Crippen LogP contribution >= 0.6 is 0 Å². The third kappa shape index (κ3) is 2.76. The first-order valence-electron chi connectivity index (χ1n) is 5.95. The molecule has 2 unspecified atom stereocenters. The van der Waals surface area contributed by atoms with Crippen molar-refractivity contribution in [1.82, 2.24) is 19.5 Å². The Morgan fingerprint density at radius 1 is 1.58 bits per heavy atom. The van der Waals surface area contributed by atoms with E-state index in [1.54, 1.807) is 0 Å². The molecule has 0 saturated heterocycles. The summed E-state index contributed by atoms with van der Waals surface area (Å²) < 4.78 is 25.9. The lowest BCUT2D eigenvalue weighted by molar-refractivity contribution is -0.141. The molecule has 106 valence electrons. The Morgan fingerprint density at radius 3 is 2.89 bits per heavy atom. The molecule has 0 aromatic carbocycles. The number of sulfonamides is 1. The van der Waals surface area contributed by atoms with Gasteiger partial charge in [0.15, 0.2) is 0 Å². The maximum absolute atomic E-state index is 12.4. The van der Waals surface area contributed by atoms with E-state index < -0.39 is 27.2 Å². The first kappa shape index (κ1) is 13.9. The number of aromatic amines is 1. The van der Waals surface area contributed by atoms with E-state index in [1.807, 2.05) is 0 Å². The SMILES string of the molecule is CN(Cc1ncn[nH]1)S(=O)(=O)C1CCCC1C(=O)O. The van der Waals surface area contributed by atoms with Gasteiger partial charge in [-0.05, 0) is 12.8 Å². The second kappa shape index (κ2) is 5.25. The minimum atomic E-state index is -3.64. The van der Waals surface area contributed by atoms with Crippen LogP contribution in [0.5, 0.6) is 0 Å². The Bertz CT molecular complexity index is 542. The van der Waals surface area contributed by atoms with E-state index in [9.17, 15) is 13.2 Å². The Labute approximate surface area is 110 Å².